The fourth-order valence-electron chi connectivity index (χ4n) is 0.269. The minimum absolute atomic E-state index is 0.187. The lowest BCUT2D eigenvalue weighted by Gasteiger charge is -1.96. The molecule has 3 heteroatoms. The van der Waals surface area contributed by atoms with E-state index in [0.29, 0.717) is 5.57 Å². The van der Waals surface area contributed by atoms with E-state index < -0.39 is 0 Å². The molecule has 0 spiro atoms. The van der Waals surface area contributed by atoms with Crippen molar-refractivity contribution < 1.29 is 4.79 Å². The van der Waals surface area contributed by atoms with Gasteiger partial charge in [0.2, 0.25) is 5.91 Å². The summed E-state index contributed by atoms with van der Waals surface area (Å²) >= 11 is 0. The standard InChI is InChI=1S/C5H10N2O/c1-4(3-6)5(8)7-2/h1,3,6H2,2H3,(H,7,8). The Morgan fingerprint density at radius 2 is 2.38 bits per heavy atom. The first-order valence-electron chi connectivity index (χ1n) is 2.32. The molecule has 0 aromatic carbocycles. The molecule has 0 bridgehead atoms. The van der Waals surface area contributed by atoms with E-state index in [1.807, 2.05) is 0 Å². The average molecular weight is 114 g/mol. The number of rotatable bonds is 2. The van der Waals surface area contributed by atoms with Crippen LogP contribution in [0, 0.1) is 0 Å². The molecule has 46 valence electrons. The molecule has 0 aliphatic heterocycles. The summed E-state index contributed by atoms with van der Waals surface area (Å²) in [5, 5.41) is 2.40. The molecule has 0 rings (SSSR count). The lowest BCUT2D eigenvalue weighted by Crippen LogP contribution is -2.23. The van der Waals surface area contributed by atoms with Crippen LogP contribution in [0.4, 0.5) is 0 Å². The van der Waals surface area contributed by atoms with Gasteiger partial charge >= 0.3 is 0 Å². The molecular formula is C5H10N2O. The fourth-order valence-corrected chi connectivity index (χ4v) is 0.269. The molecule has 3 nitrogen and oxygen atoms in total. The number of amides is 1. The SMILES string of the molecule is C=C(CN)C(=O)NC. The molecule has 0 saturated carbocycles. The summed E-state index contributed by atoms with van der Waals surface area (Å²) in [6, 6.07) is 0. The highest BCUT2D eigenvalue weighted by molar-refractivity contribution is 5.92. The quantitative estimate of drug-likeness (QED) is 0.464. The van der Waals surface area contributed by atoms with E-state index in [1.165, 1.54) is 0 Å². The molecule has 0 aromatic heterocycles. The average Bonchev–Trinajstić information content (AvgIpc) is 1.84. The Labute approximate surface area is 48.6 Å². The molecule has 0 unspecified atom stereocenters. The molecule has 0 aliphatic rings. The molecule has 0 heterocycles. The number of hydrogen-bond acceptors (Lipinski definition) is 2. The Morgan fingerprint density at radius 1 is 1.88 bits per heavy atom. The zero-order chi connectivity index (χ0) is 6.57. The van der Waals surface area contributed by atoms with Crippen molar-refractivity contribution in [3.05, 3.63) is 12.2 Å². The van der Waals surface area contributed by atoms with Gasteiger partial charge in [-0.15, -0.1) is 0 Å². The van der Waals surface area contributed by atoms with Crippen LogP contribution in [0.15, 0.2) is 12.2 Å². The molecule has 0 fully saturated rings. The molecule has 1 amide bonds. The maximum atomic E-state index is 10.5. The third-order valence-electron chi connectivity index (χ3n) is 0.795. The summed E-state index contributed by atoms with van der Waals surface area (Å²) in [4.78, 5) is 10.5. The van der Waals surface area contributed by atoms with Crippen LogP contribution in [0.5, 0.6) is 0 Å². The van der Waals surface area contributed by atoms with Gasteiger partial charge in [-0.3, -0.25) is 4.79 Å². The highest BCUT2D eigenvalue weighted by Crippen LogP contribution is 1.81. The minimum atomic E-state index is -0.187. The van der Waals surface area contributed by atoms with Gasteiger partial charge in [0.15, 0.2) is 0 Å². The second kappa shape index (κ2) is 3.21. The van der Waals surface area contributed by atoms with Crippen LogP contribution >= 0.6 is 0 Å². The zero-order valence-corrected chi connectivity index (χ0v) is 4.90. The second-order valence-electron chi connectivity index (χ2n) is 1.39. The number of nitrogens with two attached hydrogens (primary N) is 1. The largest absolute Gasteiger partial charge is 0.355 e. The van der Waals surface area contributed by atoms with E-state index in [1.54, 1.807) is 7.05 Å². The van der Waals surface area contributed by atoms with E-state index in [4.69, 9.17) is 5.73 Å². The summed E-state index contributed by atoms with van der Waals surface area (Å²) in [5.74, 6) is -0.187. The van der Waals surface area contributed by atoms with Crippen molar-refractivity contribution in [2.24, 2.45) is 5.73 Å². The molecule has 8 heavy (non-hydrogen) atoms. The molecule has 3 N–H and O–H groups in total. The normalized spacial score (nSPS) is 8.25. The van der Waals surface area contributed by atoms with Crippen LogP contribution in [-0.2, 0) is 4.79 Å². The third kappa shape index (κ3) is 1.75. The lowest BCUT2D eigenvalue weighted by molar-refractivity contribution is -0.117. The number of nitrogens with one attached hydrogen (secondary N) is 1. The van der Waals surface area contributed by atoms with Gasteiger partial charge in [-0.05, 0) is 0 Å². The monoisotopic (exact) mass is 114 g/mol. The predicted molar refractivity (Wildman–Crippen MR) is 32.3 cm³/mol. The van der Waals surface area contributed by atoms with Crippen molar-refractivity contribution >= 4 is 5.91 Å². The zero-order valence-electron chi connectivity index (χ0n) is 4.90. The molecule has 0 aromatic rings. The summed E-state index contributed by atoms with van der Waals surface area (Å²) in [7, 11) is 1.54. The number of carbonyl (C=O) groups excluding carboxylic acids is 1. The first-order valence-corrected chi connectivity index (χ1v) is 2.32. The van der Waals surface area contributed by atoms with Gasteiger partial charge in [0.1, 0.15) is 0 Å². The van der Waals surface area contributed by atoms with Crippen LogP contribution in [-0.4, -0.2) is 19.5 Å². The maximum absolute atomic E-state index is 10.5. The summed E-state index contributed by atoms with van der Waals surface area (Å²) in [5.41, 5.74) is 5.50. The molecule has 0 aliphatic carbocycles. The van der Waals surface area contributed by atoms with Crippen LogP contribution in [0.2, 0.25) is 0 Å². The van der Waals surface area contributed by atoms with E-state index in [9.17, 15) is 4.79 Å². The highest BCUT2D eigenvalue weighted by atomic mass is 16.1. The van der Waals surface area contributed by atoms with E-state index in [-0.39, 0.29) is 12.5 Å². The van der Waals surface area contributed by atoms with Crippen molar-refractivity contribution in [3.63, 3.8) is 0 Å². The number of likely N-dealkylation sites (N-methyl/N-ethyl adjacent to an activating group) is 1. The van der Waals surface area contributed by atoms with Gasteiger partial charge < -0.3 is 11.1 Å². The van der Waals surface area contributed by atoms with Crippen molar-refractivity contribution in [1.82, 2.24) is 5.32 Å². The Kier molecular flexibility index (Phi) is 2.88. The van der Waals surface area contributed by atoms with Crippen LogP contribution < -0.4 is 11.1 Å². The predicted octanol–water partition coefficient (Wildman–Crippen LogP) is -0.753. The second-order valence-corrected chi connectivity index (χ2v) is 1.39. The Hall–Kier alpha value is -0.830. The van der Waals surface area contributed by atoms with Gasteiger partial charge in [-0.1, -0.05) is 6.58 Å². The van der Waals surface area contributed by atoms with Gasteiger partial charge in [-0.2, -0.15) is 0 Å². The number of hydrogen-bond donors (Lipinski definition) is 2. The van der Waals surface area contributed by atoms with Crippen LogP contribution in [0.25, 0.3) is 0 Å². The van der Waals surface area contributed by atoms with Crippen LogP contribution in [0.3, 0.4) is 0 Å². The molecule has 0 atom stereocenters. The Morgan fingerprint density at radius 3 is 2.50 bits per heavy atom. The molecule has 0 saturated heterocycles. The first-order chi connectivity index (χ1) is 3.72. The van der Waals surface area contributed by atoms with E-state index >= 15 is 0 Å². The summed E-state index contributed by atoms with van der Waals surface area (Å²) in [6.45, 7) is 3.63. The number of carbonyl (C=O) groups is 1. The van der Waals surface area contributed by atoms with Crippen molar-refractivity contribution in [2.45, 2.75) is 0 Å². The summed E-state index contributed by atoms with van der Waals surface area (Å²) < 4.78 is 0. The summed E-state index contributed by atoms with van der Waals surface area (Å²) in [6.07, 6.45) is 0. The lowest BCUT2D eigenvalue weighted by atomic mass is 10.3. The van der Waals surface area contributed by atoms with Crippen LogP contribution in [0.1, 0.15) is 0 Å². The molecular weight excluding hydrogens is 104 g/mol. The van der Waals surface area contributed by atoms with Gasteiger partial charge in [0.25, 0.3) is 0 Å². The van der Waals surface area contributed by atoms with Gasteiger partial charge in [0.05, 0.1) is 0 Å². The fraction of sp³-hybridized carbons (Fsp3) is 0.400. The smallest absolute Gasteiger partial charge is 0.247 e. The topological polar surface area (TPSA) is 55.1 Å². The van der Waals surface area contributed by atoms with Gasteiger partial charge in [0, 0.05) is 19.2 Å². The van der Waals surface area contributed by atoms with Crippen molar-refractivity contribution in [3.8, 4) is 0 Å². The Balaban J connectivity index is 3.64. The van der Waals surface area contributed by atoms with E-state index in [0.717, 1.165) is 0 Å². The van der Waals surface area contributed by atoms with Crippen molar-refractivity contribution in [2.75, 3.05) is 13.6 Å². The minimum Gasteiger partial charge on any atom is -0.355 e. The first kappa shape index (κ1) is 7.17. The highest BCUT2D eigenvalue weighted by Gasteiger charge is 1.98. The van der Waals surface area contributed by atoms with Crippen molar-refractivity contribution in [1.29, 1.82) is 0 Å². The maximum Gasteiger partial charge on any atom is 0.247 e. The van der Waals surface area contributed by atoms with Gasteiger partial charge in [-0.25, -0.2) is 0 Å². The Bertz CT molecular complexity index is 95.0. The molecule has 0 radical (unpaired) electrons. The van der Waals surface area contributed by atoms with E-state index in [2.05, 4.69) is 11.9 Å². The third-order valence-corrected chi connectivity index (χ3v) is 0.795.